The summed E-state index contributed by atoms with van der Waals surface area (Å²) in [6.45, 7) is 3.51. The largest absolute Gasteiger partial charge is 0.239 e. The molecule has 0 heterocycles. The Kier molecular flexibility index (Phi) is 2.12. The van der Waals surface area contributed by atoms with Gasteiger partial charge in [-0.3, -0.25) is 0 Å². The van der Waals surface area contributed by atoms with Crippen LogP contribution in [-0.2, 0) is 0 Å². The van der Waals surface area contributed by atoms with E-state index in [1.165, 1.54) is 18.2 Å². The van der Waals surface area contributed by atoms with Gasteiger partial charge in [0.15, 0.2) is 0 Å². The lowest BCUT2D eigenvalue weighted by molar-refractivity contribution is 0.148. The summed E-state index contributed by atoms with van der Waals surface area (Å²) >= 11 is 0. The summed E-state index contributed by atoms with van der Waals surface area (Å²) in [5.41, 5.74) is -1.47. The van der Waals surface area contributed by atoms with Crippen LogP contribution in [0, 0.1) is 5.92 Å². The third-order valence-electron chi connectivity index (χ3n) is 2.05. The van der Waals surface area contributed by atoms with Crippen molar-refractivity contribution in [2.24, 2.45) is 5.92 Å². The Morgan fingerprint density at radius 2 is 2.18 bits per heavy atom. The highest BCUT2D eigenvalue weighted by Crippen LogP contribution is 2.34. The maximum atomic E-state index is 13.6. The molecule has 11 heavy (non-hydrogen) atoms. The summed E-state index contributed by atoms with van der Waals surface area (Å²) in [6.07, 6.45) is 4.07. The molecule has 0 fully saturated rings. The van der Waals surface area contributed by atoms with E-state index in [-0.39, 0.29) is 18.2 Å². The van der Waals surface area contributed by atoms with E-state index in [9.17, 15) is 8.78 Å². The smallest absolute Gasteiger partial charge is 0.138 e. The molecule has 1 rings (SSSR count). The molecule has 0 amide bonds. The van der Waals surface area contributed by atoms with Crippen molar-refractivity contribution in [2.45, 2.75) is 25.9 Å². The van der Waals surface area contributed by atoms with Crippen LogP contribution in [0.25, 0.3) is 0 Å². The lowest BCUT2D eigenvalue weighted by atomic mass is 9.86. The quantitative estimate of drug-likeness (QED) is 0.549. The molecule has 1 aliphatic rings. The monoisotopic (exact) mass is 158 g/mol. The Morgan fingerprint density at radius 1 is 1.55 bits per heavy atom. The number of rotatable bonds is 1. The average molecular weight is 158 g/mol. The zero-order valence-corrected chi connectivity index (χ0v) is 6.77. The first-order valence-electron chi connectivity index (χ1n) is 3.77. The summed E-state index contributed by atoms with van der Waals surface area (Å²) in [5.74, 6) is -0.540. The van der Waals surface area contributed by atoms with E-state index in [2.05, 4.69) is 0 Å². The van der Waals surface area contributed by atoms with Gasteiger partial charge in [-0.1, -0.05) is 19.9 Å². The van der Waals surface area contributed by atoms with Crippen molar-refractivity contribution in [3.63, 3.8) is 0 Å². The van der Waals surface area contributed by atoms with Crippen molar-refractivity contribution >= 4 is 0 Å². The van der Waals surface area contributed by atoms with E-state index in [0.29, 0.717) is 0 Å². The Labute approximate surface area is 65.6 Å². The molecule has 0 nitrogen and oxygen atoms in total. The molecule has 0 aromatic carbocycles. The molecule has 1 aliphatic carbocycles. The van der Waals surface area contributed by atoms with E-state index in [1.54, 1.807) is 13.8 Å². The minimum atomic E-state index is -1.47. The fourth-order valence-electron chi connectivity index (χ4n) is 1.09. The van der Waals surface area contributed by atoms with Crippen LogP contribution in [0.15, 0.2) is 24.1 Å². The standard InChI is InChI=1S/C9H12F2/c1-7(2)9(11)5-3-4-8(10)6-9/h3-5,7H,6H2,1-2H3. The summed E-state index contributed by atoms with van der Waals surface area (Å²) in [6, 6.07) is 0. The van der Waals surface area contributed by atoms with Gasteiger partial charge in [-0.25, -0.2) is 8.78 Å². The number of hydrogen-bond acceptors (Lipinski definition) is 0. The molecule has 0 aromatic heterocycles. The Balaban J connectivity index is 2.78. The van der Waals surface area contributed by atoms with Crippen LogP contribution in [0.3, 0.4) is 0 Å². The first-order valence-corrected chi connectivity index (χ1v) is 3.77. The van der Waals surface area contributed by atoms with Crippen LogP contribution in [-0.4, -0.2) is 5.67 Å². The topological polar surface area (TPSA) is 0 Å². The predicted molar refractivity (Wildman–Crippen MR) is 41.6 cm³/mol. The van der Waals surface area contributed by atoms with Crippen molar-refractivity contribution in [3.8, 4) is 0 Å². The van der Waals surface area contributed by atoms with Gasteiger partial charge in [-0.15, -0.1) is 0 Å². The first kappa shape index (κ1) is 8.44. The number of hydrogen-bond donors (Lipinski definition) is 0. The van der Waals surface area contributed by atoms with Crippen molar-refractivity contribution in [3.05, 3.63) is 24.1 Å². The van der Waals surface area contributed by atoms with E-state index in [4.69, 9.17) is 0 Å². The molecule has 0 aliphatic heterocycles. The van der Waals surface area contributed by atoms with Crippen LogP contribution in [0.1, 0.15) is 20.3 Å². The summed E-state index contributed by atoms with van der Waals surface area (Å²) in [5, 5.41) is 0. The van der Waals surface area contributed by atoms with Crippen LogP contribution in [0.2, 0.25) is 0 Å². The van der Waals surface area contributed by atoms with E-state index < -0.39 is 5.67 Å². The van der Waals surface area contributed by atoms with Crippen molar-refractivity contribution in [1.29, 1.82) is 0 Å². The molecule has 2 heteroatoms. The molecule has 1 unspecified atom stereocenters. The molecular weight excluding hydrogens is 146 g/mol. The van der Waals surface area contributed by atoms with Crippen molar-refractivity contribution in [1.82, 2.24) is 0 Å². The Morgan fingerprint density at radius 3 is 2.55 bits per heavy atom. The molecule has 0 radical (unpaired) electrons. The molecular formula is C9H12F2. The summed E-state index contributed by atoms with van der Waals surface area (Å²) < 4.78 is 26.2. The fraction of sp³-hybridized carbons (Fsp3) is 0.556. The number of halogens is 2. The second kappa shape index (κ2) is 2.76. The fourth-order valence-corrected chi connectivity index (χ4v) is 1.09. The van der Waals surface area contributed by atoms with E-state index in [1.807, 2.05) is 0 Å². The lowest BCUT2D eigenvalue weighted by Crippen LogP contribution is -2.28. The maximum absolute atomic E-state index is 13.6. The molecule has 62 valence electrons. The second-order valence-corrected chi connectivity index (χ2v) is 3.23. The SMILES string of the molecule is CC(C)C1(F)C=CC=C(F)C1. The van der Waals surface area contributed by atoms with E-state index >= 15 is 0 Å². The minimum absolute atomic E-state index is 0.110. The predicted octanol–water partition coefficient (Wildman–Crippen LogP) is 3.16. The van der Waals surface area contributed by atoms with Gasteiger partial charge in [0, 0.05) is 6.42 Å². The van der Waals surface area contributed by atoms with Gasteiger partial charge in [-0.05, 0) is 18.1 Å². The number of alkyl halides is 1. The highest BCUT2D eigenvalue weighted by atomic mass is 19.1. The first-order chi connectivity index (χ1) is 5.04. The van der Waals surface area contributed by atoms with Gasteiger partial charge in [0.05, 0.1) is 0 Å². The maximum Gasteiger partial charge on any atom is 0.138 e. The van der Waals surface area contributed by atoms with Crippen LogP contribution >= 0.6 is 0 Å². The third-order valence-corrected chi connectivity index (χ3v) is 2.05. The molecule has 0 saturated heterocycles. The molecule has 0 saturated carbocycles. The van der Waals surface area contributed by atoms with Crippen LogP contribution in [0.4, 0.5) is 8.78 Å². The summed E-state index contributed by atoms with van der Waals surface area (Å²) in [4.78, 5) is 0. The third kappa shape index (κ3) is 1.67. The second-order valence-electron chi connectivity index (χ2n) is 3.23. The van der Waals surface area contributed by atoms with Crippen molar-refractivity contribution in [2.75, 3.05) is 0 Å². The highest BCUT2D eigenvalue weighted by molar-refractivity contribution is 5.22. The lowest BCUT2D eigenvalue weighted by Gasteiger charge is -2.26. The Bertz CT molecular complexity index is 204. The van der Waals surface area contributed by atoms with Gasteiger partial charge in [0.2, 0.25) is 0 Å². The minimum Gasteiger partial charge on any atom is -0.239 e. The van der Waals surface area contributed by atoms with Crippen LogP contribution < -0.4 is 0 Å². The van der Waals surface area contributed by atoms with E-state index in [0.717, 1.165) is 0 Å². The van der Waals surface area contributed by atoms with Gasteiger partial charge in [-0.2, -0.15) is 0 Å². The molecule has 0 bridgehead atoms. The van der Waals surface area contributed by atoms with Gasteiger partial charge in [0.1, 0.15) is 11.5 Å². The van der Waals surface area contributed by atoms with Gasteiger partial charge in [0.25, 0.3) is 0 Å². The van der Waals surface area contributed by atoms with Gasteiger partial charge >= 0.3 is 0 Å². The Hall–Kier alpha value is -0.660. The van der Waals surface area contributed by atoms with Crippen LogP contribution in [0.5, 0.6) is 0 Å². The zero-order chi connectivity index (χ0) is 8.48. The normalized spacial score (nSPS) is 30.8. The van der Waals surface area contributed by atoms with Gasteiger partial charge < -0.3 is 0 Å². The molecule has 0 aromatic rings. The average Bonchev–Trinajstić information content (AvgIpc) is 1.86. The zero-order valence-electron chi connectivity index (χ0n) is 6.77. The number of allylic oxidation sites excluding steroid dienone is 4. The molecule has 1 atom stereocenters. The molecule has 0 spiro atoms. The summed E-state index contributed by atoms with van der Waals surface area (Å²) in [7, 11) is 0. The van der Waals surface area contributed by atoms with Crippen molar-refractivity contribution < 1.29 is 8.78 Å². The highest BCUT2D eigenvalue weighted by Gasteiger charge is 2.33. The molecule has 0 N–H and O–H groups in total.